The minimum atomic E-state index is -1.37. The first-order valence-corrected chi connectivity index (χ1v) is 8.93. The first-order chi connectivity index (χ1) is 10.3. The van der Waals surface area contributed by atoms with Crippen LogP contribution in [0.5, 0.6) is 5.75 Å². The van der Waals surface area contributed by atoms with Gasteiger partial charge in [0.05, 0.1) is 5.56 Å². The first-order valence-electron chi connectivity index (χ1n) is 5.69. The lowest BCUT2D eigenvalue weighted by Gasteiger charge is -2.11. The van der Waals surface area contributed by atoms with E-state index in [1.54, 1.807) is 12.1 Å². The molecule has 0 spiro atoms. The van der Waals surface area contributed by atoms with Gasteiger partial charge in [0, 0.05) is 10.7 Å². The van der Waals surface area contributed by atoms with Crippen molar-refractivity contribution in [3.63, 3.8) is 0 Å². The number of benzene rings is 2. The summed E-state index contributed by atoms with van der Waals surface area (Å²) < 4.78 is 21.1. The van der Waals surface area contributed by atoms with Crippen molar-refractivity contribution >= 4 is 79.7 Å². The van der Waals surface area contributed by atoms with Crippen molar-refractivity contribution < 1.29 is 23.8 Å². The van der Waals surface area contributed by atoms with E-state index in [1.165, 1.54) is 12.1 Å². The van der Waals surface area contributed by atoms with Crippen LogP contribution in [0, 0.1) is 16.5 Å². The molecule has 0 saturated heterocycles. The van der Waals surface area contributed by atoms with Gasteiger partial charge in [-0.3, -0.25) is 0 Å². The lowest BCUT2D eigenvalue weighted by molar-refractivity contribution is 0.0677. The van der Waals surface area contributed by atoms with Crippen molar-refractivity contribution in [3.8, 4) is 5.75 Å². The molecule has 0 bridgehead atoms. The third-order valence-corrected chi connectivity index (χ3v) is 4.93. The van der Waals surface area contributed by atoms with Gasteiger partial charge in [-0.2, -0.15) is 0 Å². The van der Waals surface area contributed by atoms with E-state index in [2.05, 4.69) is 22.6 Å². The summed E-state index contributed by atoms with van der Waals surface area (Å²) in [4.78, 5) is 23.4. The number of carbonyl (C=O) groups excluding carboxylic acids is 1. The fourth-order valence-corrected chi connectivity index (χ4v) is 5.68. The Bertz CT molecular complexity index is 754. The normalized spacial score (nSPS) is 10.4. The Kier molecular flexibility index (Phi) is 5.99. The molecule has 0 aromatic heterocycles. The maximum atomic E-state index is 13.8. The van der Waals surface area contributed by atoms with Gasteiger partial charge in [0.25, 0.3) is 0 Å². The molecule has 0 heterocycles. The second-order valence-electron chi connectivity index (χ2n) is 4.06. The fraction of sp³-hybridized carbons (Fsp3) is 0. The van der Waals surface area contributed by atoms with Gasteiger partial charge in [-0.25, -0.2) is 14.0 Å². The van der Waals surface area contributed by atoms with Crippen LogP contribution in [-0.4, -0.2) is 17.0 Å². The molecule has 0 aliphatic heterocycles. The van der Waals surface area contributed by atoms with Gasteiger partial charge < -0.3 is 9.84 Å². The van der Waals surface area contributed by atoms with Crippen LogP contribution in [0.2, 0.25) is 0 Å². The number of carbonyl (C=O) groups is 2. The lowest BCUT2D eigenvalue weighted by atomic mass is 10.2. The number of esters is 1. The van der Waals surface area contributed by atoms with Crippen LogP contribution in [-0.2, 0) is 0 Å². The topological polar surface area (TPSA) is 63.6 Å². The molecule has 2 rings (SSSR count). The highest BCUT2D eigenvalue weighted by atomic mass is 127. The van der Waals surface area contributed by atoms with E-state index in [0.29, 0.717) is 7.14 Å². The van der Waals surface area contributed by atoms with Crippen molar-refractivity contribution in [1.29, 1.82) is 0 Å². The molecule has 114 valence electrons. The zero-order chi connectivity index (χ0) is 16.4. The van der Waals surface area contributed by atoms with Gasteiger partial charge in [-0.05, 0) is 92.0 Å². The number of aromatic carboxylic acids is 1. The summed E-state index contributed by atoms with van der Waals surface area (Å²) in [7, 11) is 0. The molecule has 1 N–H and O–H groups in total. The molecule has 0 atom stereocenters. The molecule has 0 aliphatic rings. The molecule has 0 saturated carbocycles. The average molecular weight is 638 g/mol. The monoisotopic (exact) mass is 638 g/mol. The number of hydrogen-bond acceptors (Lipinski definition) is 3. The van der Waals surface area contributed by atoms with Crippen LogP contribution in [0.25, 0.3) is 0 Å². The number of para-hydroxylation sites is 1. The molecule has 0 amide bonds. The number of halogens is 4. The average Bonchev–Trinajstić information content (AvgIpc) is 2.39. The van der Waals surface area contributed by atoms with E-state index in [-0.39, 0.29) is 5.56 Å². The fourth-order valence-electron chi connectivity index (χ4n) is 1.66. The Morgan fingerprint density at radius 1 is 1.09 bits per heavy atom. The third-order valence-electron chi connectivity index (χ3n) is 2.60. The number of carboxylic acid groups (broad SMARTS) is 1. The summed E-state index contributed by atoms with van der Waals surface area (Å²) in [6, 6.07) is 7.02. The van der Waals surface area contributed by atoms with E-state index in [0.717, 1.165) is 9.64 Å². The summed E-state index contributed by atoms with van der Waals surface area (Å²) in [5.74, 6) is -3.64. The molecule has 4 nitrogen and oxygen atoms in total. The van der Waals surface area contributed by atoms with Gasteiger partial charge in [0.2, 0.25) is 0 Å². The molecule has 22 heavy (non-hydrogen) atoms. The predicted molar refractivity (Wildman–Crippen MR) is 103 cm³/mol. The number of carboxylic acids is 1. The highest BCUT2D eigenvalue weighted by Crippen LogP contribution is 2.27. The second kappa shape index (κ2) is 7.38. The Morgan fingerprint density at radius 2 is 1.68 bits per heavy atom. The summed E-state index contributed by atoms with van der Waals surface area (Å²) in [5.41, 5.74) is -0.120. The van der Waals surface area contributed by atoms with E-state index < -0.39 is 29.1 Å². The third kappa shape index (κ3) is 3.88. The Balaban J connectivity index is 2.45. The van der Waals surface area contributed by atoms with Crippen LogP contribution < -0.4 is 4.74 Å². The first kappa shape index (κ1) is 17.8. The molecular weight excluding hydrogens is 632 g/mol. The molecule has 0 aliphatic carbocycles. The largest absolute Gasteiger partial charge is 0.478 e. The van der Waals surface area contributed by atoms with Crippen molar-refractivity contribution in [2.24, 2.45) is 0 Å². The second-order valence-corrected chi connectivity index (χ2v) is 7.63. The zero-order valence-corrected chi connectivity index (χ0v) is 17.0. The van der Waals surface area contributed by atoms with E-state index in [1.807, 2.05) is 45.2 Å². The lowest BCUT2D eigenvalue weighted by Crippen LogP contribution is -2.15. The van der Waals surface area contributed by atoms with Gasteiger partial charge in [0.1, 0.15) is 5.56 Å². The van der Waals surface area contributed by atoms with Crippen LogP contribution in [0.4, 0.5) is 4.39 Å². The van der Waals surface area contributed by atoms with Crippen LogP contribution in [0.1, 0.15) is 20.7 Å². The molecule has 0 fully saturated rings. The van der Waals surface area contributed by atoms with Crippen LogP contribution in [0.3, 0.4) is 0 Å². The van der Waals surface area contributed by atoms with Crippen molar-refractivity contribution in [2.75, 3.05) is 0 Å². The van der Waals surface area contributed by atoms with Crippen molar-refractivity contribution in [2.45, 2.75) is 0 Å². The van der Waals surface area contributed by atoms with Gasteiger partial charge in [-0.1, -0.05) is 6.07 Å². The minimum absolute atomic E-state index is 0.279. The summed E-state index contributed by atoms with van der Waals surface area (Å²) >= 11 is 6.07. The highest BCUT2D eigenvalue weighted by molar-refractivity contribution is 14.1. The highest BCUT2D eigenvalue weighted by Gasteiger charge is 2.22. The molecule has 0 unspecified atom stereocenters. The molecule has 0 radical (unpaired) electrons. The van der Waals surface area contributed by atoms with E-state index in [4.69, 9.17) is 9.84 Å². The predicted octanol–water partition coefficient (Wildman–Crippen LogP) is 4.56. The smallest absolute Gasteiger partial charge is 0.345 e. The minimum Gasteiger partial charge on any atom is -0.478 e. The molecule has 8 heteroatoms. The standard InChI is InChI=1S/C14H6FI3O4/c15-8-3-1-2-7(13(19)20)12(8)22-14(21)11-9(17)4-6(16)5-10(11)18/h1-5H,(H,19,20). The summed E-state index contributed by atoms with van der Waals surface area (Å²) in [6.07, 6.45) is 0. The van der Waals surface area contributed by atoms with Gasteiger partial charge in [0.15, 0.2) is 11.6 Å². The number of hydrogen-bond donors (Lipinski definition) is 1. The van der Waals surface area contributed by atoms with E-state index in [9.17, 15) is 14.0 Å². The molecule has 2 aromatic rings. The maximum Gasteiger partial charge on any atom is 0.345 e. The van der Waals surface area contributed by atoms with Crippen LogP contribution >= 0.6 is 67.8 Å². The number of ether oxygens (including phenoxy) is 1. The molecular formula is C14H6FI3O4. The Morgan fingerprint density at radius 3 is 2.23 bits per heavy atom. The van der Waals surface area contributed by atoms with E-state index >= 15 is 0 Å². The molecule has 2 aromatic carbocycles. The van der Waals surface area contributed by atoms with Crippen molar-refractivity contribution in [1.82, 2.24) is 0 Å². The SMILES string of the molecule is O=C(O)c1cccc(F)c1OC(=O)c1c(I)cc(I)cc1I. The summed E-state index contributed by atoms with van der Waals surface area (Å²) in [6.45, 7) is 0. The Hall–Kier alpha value is -0.500. The van der Waals surface area contributed by atoms with Gasteiger partial charge in [-0.15, -0.1) is 0 Å². The Labute approximate surface area is 165 Å². The maximum absolute atomic E-state index is 13.8. The quantitative estimate of drug-likeness (QED) is 0.305. The summed E-state index contributed by atoms with van der Waals surface area (Å²) in [5, 5.41) is 9.06. The zero-order valence-electron chi connectivity index (χ0n) is 10.6. The number of rotatable bonds is 3. The van der Waals surface area contributed by atoms with Crippen molar-refractivity contribution in [3.05, 3.63) is 58.0 Å². The van der Waals surface area contributed by atoms with Crippen LogP contribution in [0.15, 0.2) is 30.3 Å². The van der Waals surface area contributed by atoms with Gasteiger partial charge >= 0.3 is 11.9 Å².